The molecule has 0 aliphatic heterocycles. The molecule has 13 heteroatoms. The molecule has 172 valence electrons. The molecular weight excluding hydrogens is 416 g/mol. The maximum atomic E-state index is 12.0. The molecule has 0 aromatic carbocycles. The third kappa shape index (κ3) is 4.55. The number of nitrogens with two attached hydrogens (primary N) is 2. The Morgan fingerprint density at radius 2 is 0.903 bits per heavy atom. The molecule has 4 fully saturated rings. The van der Waals surface area contributed by atoms with Crippen LogP contribution < -0.4 is 22.4 Å². The number of hydrogen-bond donors (Lipinski definition) is 4. The van der Waals surface area contributed by atoms with Gasteiger partial charge in [-0.25, -0.2) is 19.2 Å². The van der Waals surface area contributed by atoms with Gasteiger partial charge >= 0.3 is 24.4 Å². The van der Waals surface area contributed by atoms with Crippen LogP contribution in [0, 0.1) is 23.7 Å². The van der Waals surface area contributed by atoms with E-state index in [-0.39, 0.29) is 23.7 Å². The van der Waals surface area contributed by atoms with E-state index >= 15 is 0 Å². The van der Waals surface area contributed by atoms with Gasteiger partial charge in [0.05, 0.1) is 0 Å². The Kier molecular flexibility index (Phi) is 5.94. The Morgan fingerprint density at radius 1 is 0.581 bits per heavy atom. The number of carbonyl (C=O) groups is 4. The summed E-state index contributed by atoms with van der Waals surface area (Å²) in [5.74, 6) is 0.333. The maximum Gasteiger partial charge on any atom is 0.433 e. The summed E-state index contributed by atoms with van der Waals surface area (Å²) in [7, 11) is 0. The molecule has 4 aliphatic carbocycles. The van der Waals surface area contributed by atoms with Crippen LogP contribution in [-0.4, -0.2) is 48.8 Å². The van der Waals surface area contributed by atoms with E-state index < -0.39 is 48.8 Å². The van der Waals surface area contributed by atoms with Crippen LogP contribution >= 0.6 is 0 Å². The van der Waals surface area contributed by atoms with Crippen molar-refractivity contribution in [2.24, 2.45) is 35.1 Å². The van der Waals surface area contributed by atoms with Gasteiger partial charge in [-0.15, -0.1) is 4.94 Å². The predicted molar refractivity (Wildman–Crippen MR) is 98.5 cm³/mol. The molecule has 4 saturated carbocycles. The fraction of sp³-hybridized carbons (Fsp3) is 0.778. The molecule has 0 spiro atoms. The Morgan fingerprint density at radius 3 is 1.23 bits per heavy atom. The first-order valence-corrected chi connectivity index (χ1v) is 10.3. The van der Waals surface area contributed by atoms with Crippen molar-refractivity contribution in [1.82, 2.24) is 11.0 Å². The van der Waals surface area contributed by atoms with Crippen LogP contribution in [-0.2, 0) is 23.9 Å². The molecule has 4 rings (SSSR count). The van der Waals surface area contributed by atoms with Crippen molar-refractivity contribution in [3.05, 3.63) is 0 Å². The fourth-order valence-corrected chi connectivity index (χ4v) is 5.70. The molecule has 0 aromatic rings. The quantitative estimate of drug-likeness (QED) is 0.340. The van der Waals surface area contributed by atoms with E-state index in [0.29, 0.717) is 0 Å². The lowest BCUT2D eigenvalue weighted by molar-refractivity contribution is -0.0806. The van der Waals surface area contributed by atoms with Crippen molar-refractivity contribution in [3.8, 4) is 0 Å². The van der Waals surface area contributed by atoms with Crippen LogP contribution in [0.2, 0.25) is 0 Å². The number of primary amides is 2. The van der Waals surface area contributed by atoms with Crippen LogP contribution in [0.4, 0.5) is 19.2 Å². The number of ether oxygens (including phenoxy) is 4. The monoisotopic (exact) mass is 442 g/mol. The molecule has 0 heterocycles. The number of fused-ring (bicyclic) bond motifs is 4. The topological polar surface area (TPSA) is 191 Å². The molecule has 13 nitrogen and oxygen atoms in total. The normalized spacial score (nSPS) is 37.2. The molecule has 0 aromatic heterocycles. The van der Waals surface area contributed by atoms with Crippen molar-refractivity contribution in [3.63, 3.8) is 0 Å². The van der Waals surface area contributed by atoms with Gasteiger partial charge in [0.1, 0.15) is 24.4 Å². The fourth-order valence-electron chi connectivity index (χ4n) is 5.70. The number of nitrogens with one attached hydrogen (secondary N) is 2. The van der Waals surface area contributed by atoms with Crippen LogP contribution in [0.1, 0.15) is 38.5 Å². The highest BCUT2D eigenvalue weighted by Gasteiger charge is 2.53. The van der Waals surface area contributed by atoms with Gasteiger partial charge in [-0.2, -0.15) is 11.0 Å². The van der Waals surface area contributed by atoms with Crippen LogP contribution in [0.25, 0.3) is 0 Å². The standard InChI is InChI=1S/C18H26N4O9/c19-15(23)27-11-7-1-3-9(5-7)13(11)29-17(25)21-31-22-18(26)30-14-10-4-2-8(6-10)12(14)28-16(20)24/h7-14H,1-6H2,(H2,19,23)(H2,20,24)(H,21,25)(H,22,26). The summed E-state index contributed by atoms with van der Waals surface area (Å²) in [6.45, 7) is 0. The van der Waals surface area contributed by atoms with Gasteiger partial charge in [0, 0.05) is 23.7 Å². The van der Waals surface area contributed by atoms with Crippen molar-refractivity contribution in [2.75, 3.05) is 0 Å². The molecule has 4 aliphatic rings. The van der Waals surface area contributed by atoms with Crippen molar-refractivity contribution < 1.29 is 43.1 Å². The SMILES string of the molecule is NC(=O)OC1C2CCC(C2)C1OC(=O)NONC(=O)OC1C2CCC(C2)C1OC(N)=O. The minimum Gasteiger partial charge on any atom is -0.442 e. The molecule has 0 radical (unpaired) electrons. The lowest BCUT2D eigenvalue weighted by Crippen LogP contribution is -2.45. The van der Waals surface area contributed by atoms with Crippen molar-refractivity contribution >= 4 is 24.4 Å². The number of rotatable bonds is 6. The zero-order chi connectivity index (χ0) is 22.1. The van der Waals surface area contributed by atoms with Gasteiger partial charge in [-0.3, -0.25) is 0 Å². The lowest BCUT2D eigenvalue weighted by Gasteiger charge is -2.30. The Bertz CT molecular complexity index is 690. The lowest BCUT2D eigenvalue weighted by atomic mass is 9.94. The minimum absolute atomic E-state index is 0.0676. The van der Waals surface area contributed by atoms with Gasteiger partial charge in [0.25, 0.3) is 0 Å². The third-order valence-electron chi connectivity index (χ3n) is 6.79. The summed E-state index contributed by atoms with van der Waals surface area (Å²) in [6, 6.07) is 0. The molecule has 6 N–H and O–H groups in total. The molecule has 0 saturated heterocycles. The average Bonchev–Trinajstić information content (AvgIpc) is 3.45. The zero-order valence-corrected chi connectivity index (χ0v) is 16.7. The minimum atomic E-state index is -0.967. The Hall–Kier alpha value is -2.96. The highest BCUT2D eigenvalue weighted by atomic mass is 16.8. The highest BCUT2D eigenvalue weighted by Crippen LogP contribution is 2.48. The van der Waals surface area contributed by atoms with Gasteiger partial charge in [0.15, 0.2) is 0 Å². The van der Waals surface area contributed by atoms with Crippen LogP contribution in [0.15, 0.2) is 0 Å². The molecule has 4 amide bonds. The predicted octanol–water partition coefficient (Wildman–Crippen LogP) is 0.810. The second-order valence-electron chi connectivity index (χ2n) is 8.52. The molecule has 31 heavy (non-hydrogen) atoms. The molecular formula is C18H26N4O9. The third-order valence-corrected chi connectivity index (χ3v) is 6.79. The van der Waals surface area contributed by atoms with E-state index in [4.69, 9.17) is 30.4 Å². The van der Waals surface area contributed by atoms with E-state index in [1.165, 1.54) is 0 Å². The van der Waals surface area contributed by atoms with E-state index in [2.05, 4.69) is 4.94 Å². The van der Waals surface area contributed by atoms with E-state index in [0.717, 1.165) is 38.5 Å². The summed E-state index contributed by atoms with van der Waals surface area (Å²) in [5, 5.41) is 0. The Labute approximate surface area is 177 Å². The number of amides is 4. The van der Waals surface area contributed by atoms with Crippen molar-refractivity contribution in [1.29, 1.82) is 0 Å². The maximum absolute atomic E-state index is 12.0. The zero-order valence-electron chi connectivity index (χ0n) is 16.7. The molecule has 8 atom stereocenters. The summed E-state index contributed by atoms with van der Waals surface area (Å²) < 4.78 is 20.8. The van der Waals surface area contributed by atoms with Gasteiger partial charge in [0.2, 0.25) is 0 Å². The first kappa shape index (κ1) is 21.3. The summed E-state index contributed by atoms with van der Waals surface area (Å²) in [4.78, 5) is 50.9. The first-order chi connectivity index (χ1) is 14.8. The van der Waals surface area contributed by atoms with E-state index in [1.54, 1.807) is 0 Å². The van der Waals surface area contributed by atoms with Crippen LogP contribution in [0.5, 0.6) is 0 Å². The highest BCUT2D eigenvalue weighted by molar-refractivity contribution is 5.68. The molecule has 4 bridgehead atoms. The largest absolute Gasteiger partial charge is 0.442 e. The summed E-state index contributed by atoms with van der Waals surface area (Å²) >= 11 is 0. The smallest absolute Gasteiger partial charge is 0.433 e. The number of hydroxylamine groups is 2. The molecule has 8 unspecified atom stereocenters. The van der Waals surface area contributed by atoms with Gasteiger partial charge in [-0.05, 0) is 38.5 Å². The van der Waals surface area contributed by atoms with Crippen LogP contribution in [0.3, 0.4) is 0 Å². The summed E-state index contributed by atoms with van der Waals surface area (Å²) in [6.07, 6.45) is -1.25. The number of carbonyl (C=O) groups excluding carboxylic acids is 4. The second kappa shape index (κ2) is 8.65. The average molecular weight is 442 g/mol. The summed E-state index contributed by atoms with van der Waals surface area (Å²) in [5.41, 5.74) is 14.0. The van der Waals surface area contributed by atoms with Gasteiger partial charge < -0.3 is 30.4 Å². The Balaban J connectivity index is 1.20. The van der Waals surface area contributed by atoms with Crippen molar-refractivity contribution in [2.45, 2.75) is 62.9 Å². The van der Waals surface area contributed by atoms with Gasteiger partial charge in [-0.1, -0.05) is 0 Å². The second-order valence-corrected chi connectivity index (χ2v) is 8.52. The number of hydrogen-bond acceptors (Lipinski definition) is 9. The first-order valence-electron chi connectivity index (χ1n) is 10.3. The van der Waals surface area contributed by atoms with E-state index in [1.807, 2.05) is 11.0 Å². The van der Waals surface area contributed by atoms with E-state index in [9.17, 15) is 19.2 Å².